The van der Waals surface area contributed by atoms with Gasteiger partial charge in [-0.1, -0.05) is 47.5 Å². The second-order valence-corrected chi connectivity index (χ2v) is 8.12. The Balaban J connectivity index is 1.52. The van der Waals surface area contributed by atoms with E-state index in [0.29, 0.717) is 12.3 Å². The molecule has 2 nitrogen and oxygen atoms in total. The van der Waals surface area contributed by atoms with Gasteiger partial charge in [0.25, 0.3) is 0 Å². The number of halogens is 2. The van der Waals surface area contributed by atoms with Gasteiger partial charge in [0.15, 0.2) is 0 Å². The van der Waals surface area contributed by atoms with Gasteiger partial charge >= 0.3 is 0 Å². The Labute approximate surface area is 161 Å². The zero-order chi connectivity index (χ0) is 17.2. The molecule has 128 valence electrons. The van der Waals surface area contributed by atoms with E-state index in [2.05, 4.69) is 11.4 Å². The fourth-order valence-electron chi connectivity index (χ4n) is 1.97. The molecule has 6 heteroatoms. The summed E-state index contributed by atoms with van der Waals surface area (Å²) in [5.41, 5.74) is 2.38. The molecule has 0 radical (unpaired) electrons. The van der Waals surface area contributed by atoms with E-state index in [-0.39, 0.29) is 5.91 Å². The average molecular weight is 400 g/mol. The molecule has 0 bridgehead atoms. The molecule has 0 aliphatic carbocycles. The van der Waals surface area contributed by atoms with Crippen LogP contribution in [-0.4, -0.2) is 24.0 Å². The highest BCUT2D eigenvalue weighted by atomic mass is 35.5. The van der Waals surface area contributed by atoms with Crippen LogP contribution in [0.1, 0.15) is 11.1 Å². The molecule has 0 aliphatic heterocycles. The zero-order valence-corrected chi connectivity index (χ0v) is 16.3. The summed E-state index contributed by atoms with van der Waals surface area (Å²) in [6, 6.07) is 15.6. The van der Waals surface area contributed by atoms with Crippen molar-refractivity contribution >= 4 is 52.6 Å². The first-order valence-corrected chi connectivity index (χ1v) is 10.6. The molecule has 0 aliphatic rings. The first-order valence-electron chi connectivity index (χ1n) is 7.54. The normalized spacial score (nSPS) is 10.6. The molecule has 0 atom stereocenters. The van der Waals surface area contributed by atoms with E-state index >= 15 is 0 Å². The van der Waals surface area contributed by atoms with Gasteiger partial charge in [-0.3, -0.25) is 4.79 Å². The van der Waals surface area contributed by atoms with Crippen molar-refractivity contribution in [3.63, 3.8) is 0 Å². The third-order valence-corrected chi connectivity index (χ3v) is 5.66. The van der Waals surface area contributed by atoms with Crippen molar-refractivity contribution in [2.45, 2.75) is 11.5 Å². The Morgan fingerprint density at radius 1 is 0.917 bits per heavy atom. The molecule has 0 aromatic heterocycles. The molecule has 2 rings (SSSR count). The maximum absolute atomic E-state index is 11.8. The lowest BCUT2D eigenvalue weighted by Gasteiger charge is -2.06. The SMILES string of the molecule is O=C(CSCc1ccc(Cl)cc1)NCCSCc1cccc(Cl)c1. The summed E-state index contributed by atoms with van der Waals surface area (Å²) in [4.78, 5) is 11.8. The van der Waals surface area contributed by atoms with Crippen LogP contribution < -0.4 is 5.32 Å². The molecule has 1 amide bonds. The largest absolute Gasteiger partial charge is 0.355 e. The van der Waals surface area contributed by atoms with Gasteiger partial charge in [0, 0.05) is 33.8 Å². The quantitative estimate of drug-likeness (QED) is 0.581. The molecule has 0 heterocycles. The van der Waals surface area contributed by atoms with Crippen molar-refractivity contribution in [2.75, 3.05) is 18.1 Å². The maximum atomic E-state index is 11.8. The molecule has 24 heavy (non-hydrogen) atoms. The predicted octanol–water partition coefficient (Wildman–Crippen LogP) is 5.28. The van der Waals surface area contributed by atoms with Crippen LogP contribution in [0.3, 0.4) is 0 Å². The highest BCUT2D eigenvalue weighted by molar-refractivity contribution is 7.99. The second kappa shape index (κ2) is 10.9. The van der Waals surface area contributed by atoms with Crippen molar-refractivity contribution in [3.05, 3.63) is 69.7 Å². The van der Waals surface area contributed by atoms with E-state index in [1.807, 2.05) is 42.5 Å². The molecule has 0 saturated heterocycles. The number of rotatable bonds is 9. The molecule has 2 aromatic carbocycles. The van der Waals surface area contributed by atoms with Crippen LogP contribution in [0.25, 0.3) is 0 Å². The number of amides is 1. The number of hydrogen-bond donors (Lipinski definition) is 1. The fraction of sp³-hybridized carbons (Fsp3) is 0.278. The molecular formula is C18H19Cl2NOS2. The summed E-state index contributed by atoms with van der Waals surface area (Å²) in [5.74, 6) is 3.16. The van der Waals surface area contributed by atoms with Gasteiger partial charge in [-0.25, -0.2) is 0 Å². The summed E-state index contributed by atoms with van der Waals surface area (Å²) >= 11 is 15.2. The lowest BCUT2D eigenvalue weighted by Crippen LogP contribution is -2.27. The fourth-order valence-corrected chi connectivity index (χ4v) is 3.94. The Bertz CT molecular complexity index is 650. The van der Waals surface area contributed by atoms with E-state index in [9.17, 15) is 4.79 Å². The van der Waals surface area contributed by atoms with Crippen LogP contribution in [0.5, 0.6) is 0 Å². The summed E-state index contributed by atoms with van der Waals surface area (Å²) in [7, 11) is 0. The maximum Gasteiger partial charge on any atom is 0.230 e. The Kier molecular flexibility index (Phi) is 8.89. The number of benzene rings is 2. The number of thioether (sulfide) groups is 2. The van der Waals surface area contributed by atoms with Gasteiger partial charge in [0.2, 0.25) is 5.91 Å². The van der Waals surface area contributed by atoms with E-state index in [1.54, 1.807) is 23.5 Å². The molecule has 0 fully saturated rings. The third-order valence-electron chi connectivity index (χ3n) is 3.14. The minimum Gasteiger partial charge on any atom is -0.355 e. The van der Waals surface area contributed by atoms with Crippen molar-refractivity contribution in [2.24, 2.45) is 0 Å². The van der Waals surface area contributed by atoms with E-state index in [1.165, 1.54) is 11.1 Å². The summed E-state index contributed by atoms with van der Waals surface area (Å²) < 4.78 is 0. The van der Waals surface area contributed by atoms with E-state index < -0.39 is 0 Å². The smallest absolute Gasteiger partial charge is 0.230 e. The standard InChI is InChI=1S/C18H19Cl2NOS2/c19-16-6-4-14(5-7-16)11-24-13-18(22)21-8-9-23-12-15-2-1-3-17(20)10-15/h1-7,10H,8-9,11-13H2,(H,21,22). The van der Waals surface area contributed by atoms with E-state index in [4.69, 9.17) is 23.2 Å². The molecular weight excluding hydrogens is 381 g/mol. The van der Waals surface area contributed by atoms with Crippen molar-refractivity contribution in [1.29, 1.82) is 0 Å². The van der Waals surface area contributed by atoms with Gasteiger partial charge in [0.1, 0.15) is 0 Å². The zero-order valence-electron chi connectivity index (χ0n) is 13.1. The molecule has 0 unspecified atom stereocenters. The van der Waals surface area contributed by atoms with Crippen LogP contribution in [0.2, 0.25) is 10.0 Å². The first kappa shape index (κ1) is 19.5. The monoisotopic (exact) mass is 399 g/mol. The number of nitrogens with one attached hydrogen (secondary N) is 1. The highest BCUT2D eigenvalue weighted by Crippen LogP contribution is 2.17. The third kappa shape index (κ3) is 7.84. The summed E-state index contributed by atoms with van der Waals surface area (Å²) in [6.45, 7) is 0.686. The van der Waals surface area contributed by atoms with Gasteiger partial charge < -0.3 is 5.32 Å². The van der Waals surface area contributed by atoms with Crippen molar-refractivity contribution in [3.8, 4) is 0 Å². The van der Waals surface area contributed by atoms with Crippen molar-refractivity contribution < 1.29 is 4.79 Å². The number of carbonyl (C=O) groups is 1. The lowest BCUT2D eigenvalue weighted by molar-refractivity contribution is -0.118. The molecule has 0 saturated carbocycles. The Morgan fingerprint density at radius 3 is 2.42 bits per heavy atom. The molecule has 0 spiro atoms. The van der Waals surface area contributed by atoms with Crippen LogP contribution in [0.15, 0.2) is 48.5 Å². The van der Waals surface area contributed by atoms with Gasteiger partial charge in [-0.05, 0) is 35.4 Å². The van der Waals surface area contributed by atoms with E-state index in [0.717, 1.165) is 27.3 Å². The van der Waals surface area contributed by atoms with Crippen LogP contribution in [-0.2, 0) is 16.3 Å². The highest BCUT2D eigenvalue weighted by Gasteiger charge is 2.02. The minimum atomic E-state index is 0.0809. The van der Waals surface area contributed by atoms with Crippen LogP contribution in [0, 0.1) is 0 Å². The minimum absolute atomic E-state index is 0.0809. The number of hydrogen-bond acceptors (Lipinski definition) is 3. The Morgan fingerprint density at radius 2 is 1.67 bits per heavy atom. The second-order valence-electron chi connectivity index (χ2n) is 5.15. The van der Waals surface area contributed by atoms with Crippen molar-refractivity contribution in [1.82, 2.24) is 5.32 Å². The van der Waals surface area contributed by atoms with Gasteiger partial charge in [-0.15, -0.1) is 11.8 Å². The predicted molar refractivity (Wildman–Crippen MR) is 108 cm³/mol. The first-order chi connectivity index (χ1) is 11.6. The van der Waals surface area contributed by atoms with Crippen LogP contribution >= 0.6 is 46.7 Å². The number of carbonyl (C=O) groups excluding carboxylic acids is 1. The molecule has 2 aromatic rings. The summed E-state index contributed by atoms with van der Waals surface area (Å²) in [5, 5.41) is 4.44. The van der Waals surface area contributed by atoms with Crippen LogP contribution in [0.4, 0.5) is 0 Å². The van der Waals surface area contributed by atoms with Gasteiger partial charge in [-0.2, -0.15) is 11.8 Å². The topological polar surface area (TPSA) is 29.1 Å². The van der Waals surface area contributed by atoms with Gasteiger partial charge in [0.05, 0.1) is 5.75 Å². The molecule has 1 N–H and O–H groups in total. The summed E-state index contributed by atoms with van der Waals surface area (Å²) in [6.07, 6.45) is 0. The lowest BCUT2D eigenvalue weighted by atomic mass is 10.2. The Hall–Kier alpha value is -0.810. The average Bonchev–Trinajstić information content (AvgIpc) is 2.56.